The maximum absolute atomic E-state index is 13.5. The summed E-state index contributed by atoms with van der Waals surface area (Å²) in [7, 11) is 0. The van der Waals surface area contributed by atoms with E-state index in [0.29, 0.717) is 32.6 Å². The topological polar surface area (TPSA) is 144 Å². The smallest absolute Gasteiger partial charge is 0.270 e. The number of primary amides is 1. The average molecular weight is 469 g/mol. The van der Waals surface area contributed by atoms with Crippen molar-refractivity contribution in [3.8, 4) is 0 Å². The van der Waals surface area contributed by atoms with Gasteiger partial charge in [0.25, 0.3) is 11.8 Å². The summed E-state index contributed by atoms with van der Waals surface area (Å²) in [5.74, 6) is -1.40. The van der Waals surface area contributed by atoms with Gasteiger partial charge in [0, 0.05) is 31.7 Å². The molecule has 0 aliphatic carbocycles. The molecule has 1 atom stereocenters. The van der Waals surface area contributed by atoms with E-state index in [2.05, 4.69) is 14.6 Å². The molecule has 2 heterocycles. The normalized spacial score (nSPS) is 15.9. The molecule has 5 N–H and O–H groups in total. The Kier molecular flexibility index (Phi) is 9.41. The number of carbonyl (C=O) groups is 3. The second-order valence-corrected chi connectivity index (χ2v) is 9.76. The van der Waals surface area contributed by atoms with Crippen molar-refractivity contribution >= 4 is 34.9 Å². The number of anilines is 1. The molecule has 1 fully saturated rings. The van der Waals surface area contributed by atoms with Gasteiger partial charge < -0.3 is 26.4 Å². The Balaban J connectivity index is 2.27. The highest BCUT2D eigenvalue weighted by Gasteiger charge is 2.34. The molecule has 180 valence electrons. The first-order valence-corrected chi connectivity index (χ1v) is 11.8. The number of aromatic nitrogens is 1. The lowest BCUT2D eigenvalue weighted by molar-refractivity contribution is -0.127. The first-order valence-electron chi connectivity index (χ1n) is 11.0. The Morgan fingerprint density at radius 1 is 1.28 bits per heavy atom. The van der Waals surface area contributed by atoms with Crippen molar-refractivity contribution in [2.75, 3.05) is 45.1 Å². The zero-order chi connectivity index (χ0) is 23.9. The molecule has 32 heavy (non-hydrogen) atoms. The Hall–Kier alpha value is -2.24. The Bertz CT molecular complexity index is 801. The van der Waals surface area contributed by atoms with Crippen molar-refractivity contribution in [3.63, 3.8) is 0 Å². The Morgan fingerprint density at radius 2 is 1.94 bits per heavy atom. The largest absolute Gasteiger partial charge is 0.395 e. The minimum atomic E-state index is -0.785. The van der Waals surface area contributed by atoms with E-state index in [9.17, 15) is 14.4 Å². The molecule has 11 heteroatoms. The number of nitrogens with zero attached hydrogens (tertiary/aromatic N) is 3. The molecule has 3 amide bonds. The van der Waals surface area contributed by atoms with Crippen LogP contribution in [0, 0.1) is 0 Å². The molecule has 1 aromatic heterocycles. The molecule has 2 rings (SSSR count). The number of amides is 3. The van der Waals surface area contributed by atoms with Crippen molar-refractivity contribution < 1.29 is 19.1 Å². The molecule has 1 saturated heterocycles. The summed E-state index contributed by atoms with van der Waals surface area (Å²) in [6, 6.07) is -0.657. The van der Waals surface area contributed by atoms with Crippen LogP contribution >= 0.6 is 11.5 Å². The third-order valence-electron chi connectivity index (χ3n) is 5.13. The molecule has 1 aliphatic heterocycles. The fourth-order valence-electron chi connectivity index (χ4n) is 3.60. The summed E-state index contributed by atoms with van der Waals surface area (Å²) >= 11 is 0.837. The van der Waals surface area contributed by atoms with Crippen LogP contribution < -0.4 is 16.8 Å². The lowest BCUT2D eigenvalue weighted by Crippen LogP contribution is -2.54. The zero-order valence-corrected chi connectivity index (χ0v) is 20.3. The molecule has 0 saturated carbocycles. The highest BCUT2D eigenvalue weighted by Crippen LogP contribution is 2.25. The molecular weight excluding hydrogens is 432 g/mol. The summed E-state index contributed by atoms with van der Waals surface area (Å²) in [5.41, 5.74) is 10.8. The van der Waals surface area contributed by atoms with Gasteiger partial charge in [-0.25, -0.2) is 0 Å². The van der Waals surface area contributed by atoms with Gasteiger partial charge in [-0.2, -0.15) is 4.37 Å². The number of hydrogen-bond acceptors (Lipinski definition) is 8. The summed E-state index contributed by atoms with van der Waals surface area (Å²) in [6.07, 6.45) is 1.92. The predicted octanol–water partition coefficient (Wildman–Crippen LogP) is 1.07. The number of nitrogens with two attached hydrogens (primary N) is 2. The van der Waals surface area contributed by atoms with Gasteiger partial charge >= 0.3 is 0 Å². The van der Waals surface area contributed by atoms with Crippen LogP contribution in [-0.2, 0) is 9.53 Å². The lowest BCUT2D eigenvalue weighted by atomic mass is 10.0. The minimum Gasteiger partial charge on any atom is -0.395 e. The molecule has 1 unspecified atom stereocenters. The van der Waals surface area contributed by atoms with E-state index in [1.54, 1.807) is 4.90 Å². The summed E-state index contributed by atoms with van der Waals surface area (Å²) < 4.78 is 9.34. The van der Waals surface area contributed by atoms with Gasteiger partial charge in [-0.05, 0) is 45.1 Å². The molecule has 0 radical (unpaired) electrons. The van der Waals surface area contributed by atoms with E-state index < -0.39 is 23.4 Å². The summed E-state index contributed by atoms with van der Waals surface area (Å²) in [6.45, 7) is 11.9. The highest BCUT2D eigenvalue weighted by atomic mass is 32.1. The highest BCUT2D eigenvalue weighted by molar-refractivity contribution is 7.09. The predicted molar refractivity (Wildman–Crippen MR) is 125 cm³/mol. The number of nitrogen functional groups attached to an aromatic ring is 1. The van der Waals surface area contributed by atoms with Gasteiger partial charge in [0.1, 0.15) is 10.9 Å². The van der Waals surface area contributed by atoms with E-state index in [1.165, 1.54) is 0 Å². The Morgan fingerprint density at radius 3 is 2.47 bits per heavy atom. The SMILES string of the molecule is CCCC(C(=O)NC(C)(C)C)N(CCCN1CCOCC1)C(=O)c1snc(C(N)=O)c1N. The second kappa shape index (κ2) is 11.6. The first-order chi connectivity index (χ1) is 15.0. The molecular formula is C21H36N6O4S. The molecule has 1 aromatic rings. The van der Waals surface area contributed by atoms with E-state index >= 15 is 0 Å². The van der Waals surface area contributed by atoms with Crippen LogP contribution in [0.4, 0.5) is 5.69 Å². The van der Waals surface area contributed by atoms with E-state index in [-0.39, 0.29) is 22.2 Å². The van der Waals surface area contributed by atoms with Crippen LogP contribution in [0.15, 0.2) is 0 Å². The lowest BCUT2D eigenvalue weighted by Gasteiger charge is -2.34. The number of morpholine rings is 1. The number of carbonyl (C=O) groups excluding carboxylic acids is 3. The van der Waals surface area contributed by atoms with Gasteiger partial charge in [0.05, 0.1) is 18.9 Å². The standard InChI is InChI=1S/C21H36N6O4S/c1-5-7-14(19(29)24-21(2,3)4)27(9-6-8-26-10-12-31-13-11-26)20(30)17-15(22)16(18(23)28)25-32-17/h14H,5-13,22H2,1-4H3,(H2,23,28)(H,24,29). The average Bonchev–Trinajstić information content (AvgIpc) is 3.10. The molecule has 0 bridgehead atoms. The molecule has 0 aromatic carbocycles. The van der Waals surface area contributed by atoms with Crippen molar-refractivity contribution in [2.24, 2.45) is 5.73 Å². The van der Waals surface area contributed by atoms with Crippen LogP contribution in [-0.4, -0.2) is 82.9 Å². The van der Waals surface area contributed by atoms with Gasteiger partial charge in [0.15, 0.2) is 5.69 Å². The molecule has 10 nitrogen and oxygen atoms in total. The van der Waals surface area contributed by atoms with Gasteiger partial charge in [-0.3, -0.25) is 19.3 Å². The van der Waals surface area contributed by atoms with E-state index in [4.69, 9.17) is 16.2 Å². The second-order valence-electron chi connectivity index (χ2n) is 8.99. The minimum absolute atomic E-state index is 0.0304. The van der Waals surface area contributed by atoms with Crippen LogP contribution in [0.25, 0.3) is 0 Å². The van der Waals surface area contributed by atoms with Gasteiger partial charge in [-0.15, -0.1) is 0 Å². The summed E-state index contributed by atoms with van der Waals surface area (Å²) in [5, 5.41) is 2.99. The van der Waals surface area contributed by atoms with Crippen LogP contribution in [0.2, 0.25) is 0 Å². The van der Waals surface area contributed by atoms with Crippen LogP contribution in [0.3, 0.4) is 0 Å². The Labute approximate surface area is 193 Å². The monoisotopic (exact) mass is 468 g/mol. The summed E-state index contributed by atoms with van der Waals surface area (Å²) in [4.78, 5) is 42.2. The third-order valence-corrected chi connectivity index (χ3v) is 5.98. The van der Waals surface area contributed by atoms with Gasteiger partial charge in [-0.1, -0.05) is 13.3 Å². The number of hydrogen-bond donors (Lipinski definition) is 3. The zero-order valence-electron chi connectivity index (χ0n) is 19.5. The molecule has 1 aliphatic rings. The van der Waals surface area contributed by atoms with Crippen molar-refractivity contribution in [1.82, 2.24) is 19.5 Å². The van der Waals surface area contributed by atoms with E-state index in [0.717, 1.165) is 37.6 Å². The number of rotatable bonds is 10. The fraction of sp³-hybridized carbons (Fsp3) is 0.714. The molecule has 0 spiro atoms. The van der Waals surface area contributed by atoms with Crippen molar-refractivity contribution in [3.05, 3.63) is 10.6 Å². The number of ether oxygens (including phenoxy) is 1. The van der Waals surface area contributed by atoms with Crippen LogP contribution in [0.5, 0.6) is 0 Å². The third kappa shape index (κ3) is 7.14. The van der Waals surface area contributed by atoms with Crippen molar-refractivity contribution in [1.29, 1.82) is 0 Å². The fourth-order valence-corrected chi connectivity index (χ4v) is 4.36. The maximum atomic E-state index is 13.5. The number of nitrogens with one attached hydrogen (secondary N) is 1. The quantitative estimate of drug-likeness (QED) is 0.466. The van der Waals surface area contributed by atoms with Crippen LogP contribution in [0.1, 0.15) is 67.1 Å². The maximum Gasteiger partial charge on any atom is 0.270 e. The van der Waals surface area contributed by atoms with Gasteiger partial charge in [0.2, 0.25) is 5.91 Å². The van der Waals surface area contributed by atoms with E-state index in [1.807, 2.05) is 27.7 Å². The van der Waals surface area contributed by atoms with Crippen molar-refractivity contribution in [2.45, 2.75) is 58.5 Å². The first kappa shape index (κ1) is 26.0.